The number of thiophene rings is 1. The van der Waals surface area contributed by atoms with E-state index in [2.05, 4.69) is 17.2 Å². The van der Waals surface area contributed by atoms with Crippen LogP contribution in [-0.4, -0.2) is 19.5 Å². The molecule has 0 bridgehead atoms. The van der Waals surface area contributed by atoms with Crippen molar-refractivity contribution in [3.8, 4) is 11.8 Å². The lowest BCUT2D eigenvalue weighted by molar-refractivity contribution is 0.102. The standard InChI is InChI=1S/C22H20N2OS/c1-17-11-13-18(14-12-17)23-22(25)20-9-3-4-10-21(20)24(2)15-5-7-19-8-6-16-26-19/h3-4,6,8-14,16H,15H2,1-2H3,(H,23,25). The van der Waals surface area contributed by atoms with E-state index >= 15 is 0 Å². The van der Waals surface area contributed by atoms with Gasteiger partial charge in [-0.1, -0.05) is 47.7 Å². The quantitative estimate of drug-likeness (QED) is 0.678. The Balaban J connectivity index is 1.74. The third kappa shape index (κ3) is 4.53. The van der Waals surface area contributed by atoms with Crippen LogP contribution >= 0.6 is 11.3 Å². The number of nitrogens with one attached hydrogen (secondary N) is 1. The summed E-state index contributed by atoms with van der Waals surface area (Å²) < 4.78 is 0. The van der Waals surface area contributed by atoms with Crippen molar-refractivity contribution >= 4 is 28.6 Å². The van der Waals surface area contributed by atoms with Gasteiger partial charge in [0.05, 0.1) is 22.7 Å². The molecule has 130 valence electrons. The van der Waals surface area contributed by atoms with Crippen molar-refractivity contribution in [2.24, 2.45) is 0 Å². The van der Waals surface area contributed by atoms with E-state index in [0.717, 1.165) is 21.8 Å². The van der Waals surface area contributed by atoms with Crippen LogP contribution in [0.1, 0.15) is 20.8 Å². The van der Waals surface area contributed by atoms with Gasteiger partial charge in [0, 0.05) is 12.7 Å². The predicted molar refractivity (Wildman–Crippen MR) is 110 cm³/mol. The van der Waals surface area contributed by atoms with Gasteiger partial charge in [0.2, 0.25) is 0 Å². The summed E-state index contributed by atoms with van der Waals surface area (Å²) in [5.41, 5.74) is 3.44. The fourth-order valence-electron chi connectivity index (χ4n) is 2.51. The Morgan fingerprint density at radius 2 is 1.85 bits per heavy atom. The highest BCUT2D eigenvalue weighted by Gasteiger charge is 2.13. The zero-order valence-electron chi connectivity index (χ0n) is 14.8. The summed E-state index contributed by atoms with van der Waals surface area (Å²) in [5.74, 6) is 6.19. The molecule has 3 nitrogen and oxygen atoms in total. The molecule has 1 amide bonds. The molecular weight excluding hydrogens is 340 g/mol. The van der Waals surface area contributed by atoms with Gasteiger partial charge in [-0.05, 0) is 42.6 Å². The highest BCUT2D eigenvalue weighted by atomic mass is 32.1. The van der Waals surface area contributed by atoms with E-state index in [1.54, 1.807) is 11.3 Å². The summed E-state index contributed by atoms with van der Waals surface area (Å²) in [4.78, 5) is 15.7. The zero-order chi connectivity index (χ0) is 18.4. The molecule has 0 aliphatic rings. The molecule has 4 heteroatoms. The minimum absolute atomic E-state index is 0.123. The number of amides is 1. The van der Waals surface area contributed by atoms with Gasteiger partial charge in [-0.25, -0.2) is 0 Å². The fraction of sp³-hybridized carbons (Fsp3) is 0.136. The maximum Gasteiger partial charge on any atom is 0.257 e. The minimum atomic E-state index is -0.123. The number of benzene rings is 2. The number of hydrogen-bond acceptors (Lipinski definition) is 3. The lowest BCUT2D eigenvalue weighted by Crippen LogP contribution is -2.22. The summed E-state index contributed by atoms with van der Waals surface area (Å²) in [5, 5.41) is 4.97. The summed E-state index contributed by atoms with van der Waals surface area (Å²) in [6, 6.07) is 19.3. The van der Waals surface area contributed by atoms with Crippen molar-refractivity contribution < 1.29 is 4.79 Å². The number of aryl methyl sites for hydroxylation is 1. The van der Waals surface area contributed by atoms with Gasteiger partial charge >= 0.3 is 0 Å². The number of carbonyl (C=O) groups excluding carboxylic acids is 1. The number of anilines is 2. The van der Waals surface area contributed by atoms with Crippen molar-refractivity contribution in [3.63, 3.8) is 0 Å². The number of carbonyl (C=O) groups is 1. The molecule has 0 fully saturated rings. The first kappa shape index (κ1) is 17.8. The van der Waals surface area contributed by atoms with Crippen LogP contribution in [0, 0.1) is 18.8 Å². The van der Waals surface area contributed by atoms with Crippen LogP contribution in [0.5, 0.6) is 0 Å². The Labute approximate surface area is 158 Å². The largest absolute Gasteiger partial charge is 0.363 e. The molecule has 3 aromatic rings. The monoisotopic (exact) mass is 360 g/mol. The zero-order valence-corrected chi connectivity index (χ0v) is 15.6. The molecule has 0 saturated heterocycles. The molecule has 1 N–H and O–H groups in total. The minimum Gasteiger partial charge on any atom is -0.363 e. The van der Waals surface area contributed by atoms with Gasteiger partial charge in [0.1, 0.15) is 0 Å². The first-order valence-electron chi connectivity index (χ1n) is 8.34. The molecular formula is C22H20N2OS. The molecule has 0 aliphatic heterocycles. The third-order valence-corrected chi connectivity index (χ3v) is 4.70. The van der Waals surface area contributed by atoms with Gasteiger partial charge in [-0.3, -0.25) is 4.79 Å². The van der Waals surface area contributed by atoms with E-state index in [9.17, 15) is 4.79 Å². The molecule has 0 unspecified atom stereocenters. The second-order valence-corrected chi connectivity index (χ2v) is 6.92. The SMILES string of the molecule is Cc1ccc(NC(=O)c2ccccc2N(C)CC#Cc2cccs2)cc1. The third-order valence-electron chi connectivity index (χ3n) is 3.92. The van der Waals surface area contributed by atoms with Gasteiger partial charge < -0.3 is 10.2 Å². The number of hydrogen-bond donors (Lipinski definition) is 1. The molecule has 26 heavy (non-hydrogen) atoms. The molecule has 1 aromatic heterocycles. The topological polar surface area (TPSA) is 32.3 Å². The summed E-state index contributed by atoms with van der Waals surface area (Å²) in [6.07, 6.45) is 0. The fourth-order valence-corrected chi connectivity index (χ4v) is 3.11. The normalized spacial score (nSPS) is 9.92. The van der Waals surface area contributed by atoms with Crippen molar-refractivity contribution in [1.29, 1.82) is 0 Å². The number of para-hydroxylation sites is 1. The number of nitrogens with zero attached hydrogens (tertiary/aromatic N) is 1. The van der Waals surface area contributed by atoms with Crippen molar-refractivity contribution in [3.05, 3.63) is 82.0 Å². The predicted octanol–water partition coefficient (Wildman–Crippen LogP) is 4.80. The molecule has 0 spiro atoms. The Bertz CT molecular complexity index is 934. The second kappa shape index (κ2) is 8.37. The van der Waals surface area contributed by atoms with Crippen LogP contribution in [0.2, 0.25) is 0 Å². The van der Waals surface area contributed by atoms with Crippen LogP contribution in [0.4, 0.5) is 11.4 Å². The molecule has 2 aromatic carbocycles. The molecule has 0 atom stereocenters. The van der Waals surface area contributed by atoms with Crippen LogP contribution < -0.4 is 10.2 Å². The summed E-state index contributed by atoms with van der Waals surface area (Å²) in [7, 11) is 1.95. The van der Waals surface area contributed by atoms with Gasteiger partial charge in [0.25, 0.3) is 5.91 Å². The van der Waals surface area contributed by atoms with Crippen molar-refractivity contribution in [1.82, 2.24) is 0 Å². The molecule has 0 radical (unpaired) electrons. The van der Waals surface area contributed by atoms with Crippen LogP contribution in [-0.2, 0) is 0 Å². The van der Waals surface area contributed by atoms with E-state index in [-0.39, 0.29) is 5.91 Å². The van der Waals surface area contributed by atoms with Crippen LogP contribution in [0.25, 0.3) is 0 Å². The lowest BCUT2D eigenvalue weighted by Gasteiger charge is -2.19. The van der Waals surface area contributed by atoms with Gasteiger partial charge in [0.15, 0.2) is 0 Å². The average Bonchev–Trinajstić information content (AvgIpc) is 3.17. The van der Waals surface area contributed by atoms with Gasteiger partial charge in [-0.2, -0.15) is 0 Å². The van der Waals surface area contributed by atoms with E-state index in [4.69, 9.17) is 0 Å². The highest BCUT2D eigenvalue weighted by molar-refractivity contribution is 7.10. The van der Waals surface area contributed by atoms with E-state index in [0.29, 0.717) is 12.1 Å². The smallest absolute Gasteiger partial charge is 0.257 e. The highest BCUT2D eigenvalue weighted by Crippen LogP contribution is 2.21. The maximum atomic E-state index is 12.7. The van der Waals surface area contributed by atoms with Crippen molar-refractivity contribution in [2.45, 2.75) is 6.92 Å². The lowest BCUT2D eigenvalue weighted by atomic mass is 10.1. The van der Waals surface area contributed by atoms with Crippen LogP contribution in [0.15, 0.2) is 66.0 Å². The molecule has 0 aliphatic carbocycles. The Hall–Kier alpha value is -3.03. The second-order valence-electron chi connectivity index (χ2n) is 5.97. The summed E-state index contributed by atoms with van der Waals surface area (Å²) >= 11 is 1.62. The maximum absolute atomic E-state index is 12.7. The molecule has 1 heterocycles. The number of rotatable bonds is 4. The Morgan fingerprint density at radius 3 is 2.58 bits per heavy atom. The van der Waals surface area contributed by atoms with Crippen molar-refractivity contribution in [2.75, 3.05) is 23.8 Å². The van der Waals surface area contributed by atoms with Crippen LogP contribution in [0.3, 0.4) is 0 Å². The van der Waals surface area contributed by atoms with E-state index in [1.165, 1.54) is 0 Å². The Kier molecular flexibility index (Phi) is 5.73. The Morgan fingerprint density at radius 1 is 1.08 bits per heavy atom. The first-order valence-corrected chi connectivity index (χ1v) is 9.22. The molecule has 3 rings (SSSR count). The first-order chi connectivity index (χ1) is 12.6. The molecule has 0 saturated carbocycles. The summed E-state index contributed by atoms with van der Waals surface area (Å²) in [6.45, 7) is 2.57. The average molecular weight is 360 g/mol. The van der Waals surface area contributed by atoms with Gasteiger partial charge in [-0.15, -0.1) is 11.3 Å². The van der Waals surface area contributed by atoms with E-state index in [1.807, 2.05) is 84.9 Å². The van der Waals surface area contributed by atoms with E-state index < -0.39 is 0 Å².